The molecule has 4 rings (SSSR count). The standard InChI is InChI=1S/C22H16N4/c1-3-10-26-14-17(18-6-4-5-7-21(18)26)12-16(13-23)22-24-19-9-8-15(2)11-20(19)25-22/h1,4-9,11-12,14H,10H2,2H3,(H,24,25)/b16-12-. The Bertz CT molecular complexity index is 1240. The van der Waals surface area contributed by atoms with Crippen molar-refractivity contribution in [3.63, 3.8) is 0 Å². The lowest BCUT2D eigenvalue weighted by Gasteiger charge is -1.97. The van der Waals surface area contributed by atoms with Crippen molar-refractivity contribution in [2.75, 3.05) is 0 Å². The molecule has 0 aliphatic heterocycles. The van der Waals surface area contributed by atoms with Gasteiger partial charge in [-0.25, -0.2) is 4.98 Å². The number of nitrogens with one attached hydrogen (secondary N) is 1. The Morgan fingerprint density at radius 2 is 2.15 bits per heavy atom. The van der Waals surface area contributed by atoms with E-state index in [0.717, 1.165) is 33.1 Å². The topological polar surface area (TPSA) is 57.4 Å². The third kappa shape index (κ3) is 2.64. The molecule has 2 heterocycles. The molecule has 0 radical (unpaired) electrons. The minimum Gasteiger partial charge on any atom is -0.337 e. The van der Waals surface area contributed by atoms with Gasteiger partial charge in [-0.2, -0.15) is 5.26 Å². The summed E-state index contributed by atoms with van der Waals surface area (Å²) in [5.74, 6) is 3.24. The molecular weight excluding hydrogens is 320 g/mol. The molecule has 4 heteroatoms. The monoisotopic (exact) mass is 336 g/mol. The number of rotatable bonds is 3. The Kier molecular flexibility index (Phi) is 3.80. The van der Waals surface area contributed by atoms with E-state index < -0.39 is 0 Å². The van der Waals surface area contributed by atoms with Crippen LogP contribution in [-0.4, -0.2) is 14.5 Å². The van der Waals surface area contributed by atoms with Crippen molar-refractivity contribution in [3.05, 3.63) is 65.6 Å². The number of benzene rings is 2. The predicted molar refractivity (Wildman–Crippen MR) is 105 cm³/mol. The first-order valence-electron chi connectivity index (χ1n) is 8.29. The van der Waals surface area contributed by atoms with Crippen molar-refractivity contribution in [2.24, 2.45) is 0 Å². The number of nitriles is 1. The second-order valence-corrected chi connectivity index (χ2v) is 6.21. The van der Waals surface area contributed by atoms with Gasteiger partial charge in [0, 0.05) is 22.7 Å². The summed E-state index contributed by atoms with van der Waals surface area (Å²) in [6, 6.07) is 16.3. The van der Waals surface area contributed by atoms with E-state index in [1.165, 1.54) is 0 Å². The van der Waals surface area contributed by atoms with E-state index in [9.17, 15) is 5.26 Å². The number of para-hydroxylation sites is 1. The van der Waals surface area contributed by atoms with Crippen LogP contribution in [0, 0.1) is 30.6 Å². The molecular formula is C22H16N4. The molecule has 124 valence electrons. The quantitative estimate of drug-likeness (QED) is 0.441. The number of fused-ring (bicyclic) bond motifs is 2. The van der Waals surface area contributed by atoms with E-state index in [4.69, 9.17) is 6.42 Å². The molecule has 4 aromatic rings. The van der Waals surface area contributed by atoms with E-state index >= 15 is 0 Å². The lowest BCUT2D eigenvalue weighted by atomic mass is 10.1. The molecule has 0 saturated carbocycles. The predicted octanol–water partition coefficient (Wildman–Crippen LogP) is 4.52. The van der Waals surface area contributed by atoms with Crippen molar-refractivity contribution < 1.29 is 0 Å². The molecule has 0 fully saturated rings. The smallest absolute Gasteiger partial charge is 0.149 e. The fraction of sp³-hybridized carbons (Fsp3) is 0.0909. The molecule has 0 bridgehead atoms. The first kappa shape index (κ1) is 15.7. The SMILES string of the molecule is C#CCn1cc(/C=C(/C#N)c2nc3ccc(C)cc3[nH]2)c2ccccc21. The molecule has 0 unspecified atom stereocenters. The zero-order valence-electron chi connectivity index (χ0n) is 14.3. The molecule has 4 nitrogen and oxygen atoms in total. The Morgan fingerprint density at radius 1 is 1.31 bits per heavy atom. The summed E-state index contributed by atoms with van der Waals surface area (Å²) in [4.78, 5) is 7.81. The van der Waals surface area contributed by atoms with Crippen LogP contribution in [0.15, 0.2) is 48.7 Å². The third-order valence-corrected chi connectivity index (χ3v) is 4.39. The van der Waals surface area contributed by atoms with Crippen molar-refractivity contribution in [3.8, 4) is 18.4 Å². The number of imidazole rings is 1. The van der Waals surface area contributed by atoms with Crippen molar-refractivity contribution in [1.82, 2.24) is 14.5 Å². The summed E-state index contributed by atoms with van der Waals surface area (Å²) in [6.45, 7) is 2.52. The zero-order chi connectivity index (χ0) is 18.1. The van der Waals surface area contributed by atoms with Crippen LogP contribution in [0.2, 0.25) is 0 Å². The van der Waals surface area contributed by atoms with E-state index in [2.05, 4.69) is 22.0 Å². The van der Waals surface area contributed by atoms with Gasteiger partial charge in [-0.05, 0) is 36.8 Å². The Morgan fingerprint density at radius 3 is 2.96 bits per heavy atom. The van der Waals surface area contributed by atoms with Gasteiger partial charge in [0.05, 0.1) is 23.2 Å². The van der Waals surface area contributed by atoms with Crippen molar-refractivity contribution >= 4 is 33.6 Å². The molecule has 0 aliphatic carbocycles. The Hall–Kier alpha value is -3.76. The highest BCUT2D eigenvalue weighted by Crippen LogP contribution is 2.26. The van der Waals surface area contributed by atoms with Crippen LogP contribution in [0.3, 0.4) is 0 Å². The number of hydrogen-bond acceptors (Lipinski definition) is 2. The van der Waals surface area contributed by atoms with E-state index in [1.807, 2.05) is 66.2 Å². The second-order valence-electron chi connectivity index (χ2n) is 6.21. The average Bonchev–Trinajstić information content (AvgIpc) is 3.21. The molecule has 0 atom stereocenters. The number of aryl methyl sites for hydroxylation is 1. The highest BCUT2D eigenvalue weighted by atomic mass is 14.9. The van der Waals surface area contributed by atoms with Crippen LogP contribution in [0.25, 0.3) is 33.6 Å². The second kappa shape index (κ2) is 6.27. The molecule has 2 aromatic heterocycles. The number of terminal acetylenes is 1. The first-order chi connectivity index (χ1) is 12.7. The Balaban J connectivity index is 1.86. The first-order valence-corrected chi connectivity index (χ1v) is 8.29. The summed E-state index contributed by atoms with van der Waals surface area (Å²) in [5, 5.41) is 10.7. The van der Waals surface area contributed by atoms with Crippen molar-refractivity contribution in [2.45, 2.75) is 13.5 Å². The number of hydrogen-bond donors (Lipinski definition) is 1. The van der Waals surface area contributed by atoms with Gasteiger partial charge in [-0.15, -0.1) is 6.42 Å². The van der Waals surface area contributed by atoms with Gasteiger partial charge in [0.1, 0.15) is 11.9 Å². The number of nitrogens with zero attached hydrogens (tertiary/aromatic N) is 3. The zero-order valence-corrected chi connectivity index (χ0v) is 14.3. The maximum Gasteiger partial charge on any atom is 0.149 e. The number of aromatic nitrogens is 3. The van der Waals surface area contributed by atoms with Crippen LogP contribution in [0.1, 0.15) is 17.0 Å². The van der Waals surface area contributed by atoms with E-state index in [1.54, 1.807) is 0 Å². The molecule has 0 amide bonds. The maximum absolute atomic E-state index is 9.69. The van der Waals surface area contributed by atoms with Gasteiger partial charge in [0.25, 0.3) is 0 Å². The van der Waals surface area contributed by atoms with Crippen LogP contribution in [0.5, 0.6) is 0 Å². The van der Waals surface area contributed by atoms with Crippen LogP contribution in [0.4, 0.5) is 0 Å². The lowest BCUT2D eigenvalue weighted by molar-refractivity contribution is 0.885. The van der Waals surface area contributed by atoms with Crippen LogP contribution < -0.4 is 0 Å². The van der Waals surface area contributed by atoms with Gasteiger partial charge >= 0.3 is 0 Å². The van der Waals surface area contributed by atoms with E-state index in [0.29, 0.717) is 17.9 Å². The number of aromatic amines is 1. The summed E-state index contributed by atoms with van der Waals surface area (Å²) < 4.78 is 2.01. The number of allylic oxidation sites excluding steroid dienone is 1. The van der Waals surface area contributed by atoms with Crippen LogP contribution in [-0.2, 0) is 6.54 Å². The fourth-order valence-corrected chi connectivity index (χ4v) is 3.18. The van der Waals surface area contributed by atoms with Gasteiger partial charge < -0.3 is 9.55 Å². The molecule has 0 saturated heterocycles. The lowest BCUT2D eigenvalue weighted by Crippen LogP contribution is -1.91. The molecule has 0 aliphatic rings. The summed E-state index contributed by atoms with van der Waals surface area (Å²) in [6.07, 6.45) is 9.32. The summed E-state index contributed by atoms with van der Waals surface area (Å²) in [7, 11) is 0. The summed E-state index contributed by atoms with van der Waals surface area (Å²) in [5.41, 5.74) is 5.41. The minimum absolute atomic E-state index is 0.486. The van der Waals surface area contributed by atoms with Gasteiger partial charge in [-0.1, -0.05) is 30.2 Å². The summed E-state index contributed by atoms with van der Waals surface area (Å²) >= 11 is 0. The molecule has 1 N–H and O–H groups in total. The molecule has 2 aromatic carbocycles. The van der Waals surface area contributed by atoms with Gasteiger partial charge in [0.2, 0.25) is 0 Å². The van der Waals surface area contributed by atoms with Crippen LogP contribution >= 0.6 is 0 Å². The Labute approximate surface area is 151 Å². The van der Waals surface area contributed by atoms with Gasteiger partial charge in [-0.3, -0.25) is 0 Å². The number of H-pyrrole nitrogens is 1. The van der Waals surface area contributed by atoms with Gasteiger partial charge in [0.15, 0.2) is 0 Å². The maximum atomic E-state index is 9.69. The highest BCUT2D eigenvalue weighted by Gasteiger charge is 2.11. The largest absolute Gasteiger partial charge is 0.337 e. The fourth-order valence-electron chi connectivity index (χ4n) is 3.18. The molecule has 26 heavy (non-hydrogen) atoms. The van der Waals surface area contributed by atoms with E-state index in [-0.39, 0.29) is 0 Å². The minimum atomic E-state index is 0.486. The third-order valence-electron chi connectivity index (χ3n) is 4.39. The average molecular weight is 336 g/mol. The highest BCUT2D eigenvalue weighted by molar-refractivity contribution is 5.98. The molecule has 0 spiro atoms. The van der Waals surface area contributed by atoms with Crippen molar-refractivity contribution in [1.29, 1.82) is 5.26 Å². The normalized spacial score (nSPS) is 11.6.